The molecule has 2 rings (SSSR count). The highest BCUT2D eigenvalue weighted by molar-refractivity contribution is 7.15. The number of nitrogens with zero attached hydrogens (tertiary/aromatic N) is 3. The first-order valence-corrected chi connectivity index (χ1v) is 7.42. The summed E-state index contributed by atoms with van der Waals surface area (Å²) in [5, 5.41) is 6.14. The SMILES string of the molecule is CNC(=O)N(Cc1ccc(-c2noc(C(F)(F)F)n2)s1)OCC(F)F. The number of aromatic nitrogens is 2. The van der Waals surface area contributed by atoms with E-state index < -0.39 is 31.1 Å². The monoisotopic (exact) mass is 386 g/mol. The second-order valence-electron chi connectivity index (χ2n) is 4.47. The van der Waals surface area contributed by atoms with E-state index in [9.17, 15) is 26.7 Å². The summed E-state index contributed by atoms with van der Waals surface area (Å²) in [7, 11) is 1.29. The lowest BCUT2D eigenvalue weighted by molar-refractivity contribution is -0.159. The normalized spacial score (nSPS) is 11.8. The van der Waals surface area contributed by atoms with E-state index >= 15 is 0 Å². The lowest BCUT2D eigenvalue weighted by Crippen LogP contribution is -2.38. The molecule has 0 fully saturated rings. The van der Waals surface area contributed by atoms with Crippen LogP contribution in [0.5, 0.6) is 0 Å². The molecule has 1 N–H and O–H groups in total. The number of nitrogens with one attached hydrogen (secondary N) is 1. The van der Waals surface area contributed by atoms with Crippen LogP contribution in [0.15, 0.2) is 16.7 Å². The number of rotatable bonds is 6. The van der Waals surface area contributed by atoms with Gasteiger partial charge in [-0.15, -0.1) is 11.3 Å². The zero-order chi connectivity index (χ0) is 18.6. The zero-order valence-electron chi connectivity index (χ0n) is 12.5. The van der Waals surface area contributed by atoms with Crippen molar-refractivity contribution in [3.05, 3.63) is 22.9 Å². The Balaban J connectivity index is 2.11. The van der Waals surface area contributed by atoms with Gasteiger partial charge in [0.2, 0.25) is 5.82 Å². The first-order chi connectivity index (χ1) is 11.7. The van der Waals surface area contributed by atoms with Gasteiger partial charge in [-0.25, -0.2) is 13.6 Å². The van der Waals surface area contributed by atoms with E-state index in [-0.39, 0.29) is 17.2 Å². The van der Waals surface area contributed by atoms with Gasteiger partial charge < -0.3 is 9.84 Å². The van der Waals surface area contributed by atoms with Gasteiger partial charge in [0.05, 0.1) is 11.4 Å². The van der Waals surface area contributed by atoms with Crippen molar-refractivity contribution in [2.75, 3.05) is 13.7 Å². The van der Waals surface area contributed by atoms with Crippen LogP contribution < -0.4 is 5.32 Å². The van der Waals surface area contributed by atoms with E-state index in [1.165, 1.54) is 19.2 Å². The molecule has 0 saturated carbocycles. The number of hydrogen-bond donors (Lipinski definition) is 1. The third-order valence-electron chi connectivity index (χ3n) is 2.65. The number of urea groups is 1. The van der Waals surface area contributed by atoms with E-state index in [0.717, 1.165) is 11.3 Å². The third kappa shape index (κ3) is 5.09. The molecule has 7 nitrogen and oxygen atoms in total. The maximum Gasteiger partial charge on any atom is 0.471 e. The largest absolute Gasteiger partial charge is 0.471 e. The molecule has 2 amide bonds. The molecule has 0 unspecified atom stereocenters. The molecule has 0 spiro atoms. The van der Waals surface area contributed by atoms with Crippen molar-refractivity contribution in [1.29, 1.82) is 0 Å². The quantitative estimate of drug-likeness (QED) is 0.609. The molecule has 0 atom stereocenters. The summed E-state index contributed by atoms with van der Waals surface area (Å²) in [6.45, 7) is -1.17. The van der Waals surface area contributed by atoms with Gasteiger partial charge in [-0.1, -0.05) is 5.16 Å². The first-order valence-electron chi connectivity index (χ1n) is 6.61. The number of alkyl halides is 5. The van der Waals surface area contributed by atoms with E-state index in [1.54, 1.807) is 0 Å². The Morgan fingerprint density at radius 1 is 1.44 bits per heavy atom. The fourth-order valence-electron chi connectivity index (χ4n) is 1.61. The van der Waals surface area contributed by atoms with Gasteiger partial charge in [0, 0.05) is 11.9 Å². The maximum absolute atomic E-state index is 12.5. The molecule has 0 aromatic carbocycles. The molecule has 2 aromatic heterocycles. The van der Waals surface area contributed by atoms with Crippen molar-refractivity contribution >= 4 is 17.4 Å². The minimum atomic E-state index is -4.76. The van der Waals surface area contributed by atoms with Crippen LogP contribution in [0, 0.1) is 0 Å². The molecule has 138 valence electrons. The molecule has 0 radical (unpaired) electrons. The Morgan fingerprint density at radius 3 is 2.72 bits per heavy atom. The summed E-state index contributed by atoms with van der Waals surface area (Å²) in [4.78, 5) is 20.2. The summed E-state index contributed by atoms with van der Waals surface area (Å²) < 4.78 is 65.9. The standard InChI is InChI=1S/C12H11F5N4O3S/c1-18-11(22)21(23-5-8(13)14)4-6-2-3-7(25-6)9-19-10(24-20-9)12(15,16)17/h2-3,8H,4-5H2,1H3,(H,18,22). The van der Waals surface area contributed by atoms with Crippen LogP contribution in [0.2, 0.25) is 0 Å². The zero-order valence-corrected chi connectivity index (χ0v) is 13.3. The molecule has 2 aromatic rings. The Bertz CT molecular complexity index is 718. The Morgan fingerprint density at radius 2 is 2.16 bits per heavy atom. The fraction of sp³-hybridized carbons (Fsp3) is 0.417. The Hall–Kier alpha value is -2.28. The van der Waals surface area contributed by atoms with Crippen molar-refractivity contribution < 1.29 is 36.1 Å². The van der Waals surface area contributed by atoms with E-state index in [1.807, 2.05) is 0 Å². The highest BCUT2D eigenvalue weighted by Crippen LogP contribution is 2.32. The highest BCUT2D eigenvalue weighted by atomic mass is 32.1. The molecular weight excluding hydrogens is 375 g/mol. The number of carbonyl (C=O) groups excluding carboxylic acids is 1. The second kappa shape index (κ2) is 7.74. The lowest BCUT2D eigenvalue weighted by atomic mass is 10.4. The first kappa shape index (κ1) is 19.1. The van der Waals surface area contributed by atoms with Crippen molar-refractivity contribution in [2.45, 2.75) is 19.1 Å². The van der Waals surface area contributed by atoms with Crippen LogP contribution >= 0.6 is 11.3 Å². The van der Waals surface area contributed by atoms with E-state index in [0.29, 0.717) is 9.94 Å². The summed E-state index contributed by atoms with van der Waals surface area (Å²) >= 11 is 0.959. The lowest BCUT2D eigenvalue weighted by Gasteiger charge is -2.20. The molecule has 25 heavy (non-hydrogen) atoms. The van der Waals surface area contributed by atoms with Gasteiger partial charge in [0.25, 0.3) is 6.43 Å². The fourth-order valence-corrected chi connectivity index (χ4v) is 2.52. The van der Waals surface area contributed by atoms with E-state index in [4.69, 9.17) is 4.84 Å². The van der Waals surface area contributed by atoms with Gasteiger partial charge >= 0.3 is 18.1 Å². The maximum atomic E-state index is 12.5. The molecule has 0 aliphatic heterocycles. The Kier molecular flexibility index (Phi) is 5.89. The molecular formula is C12H11F5N4O3S. The molecule has 0 aliphatic rings. The minimum absolute atomic E-state index is 0.193. The van der Waals surface area contributed by atoms with Gasteiger partial charge in [-0.3, -0.25) is 4.84 Å². The highest BCUT2D eigenvalue weighted by Gasteiger charge is 2.38. The number of amides is 2. The van der Waals surface area contributed by atoms with Crippen LogP contribution in [0.1, 0.15) is 10.8 Å². The molecule has 0 aliphatic carbocycles. The van der Waals surface area contributed by atoms with Crippen LogP contribution in [-0.4, -0.2) is 41.3 Å². The van der Waals surface area contributed by atoms with Gasteiger partial charge in [0.1, 0.15) is 6.61 Å². The summed E-state index contributed by atoms with van der Waals surface area (Å²) in [5.74, 6) is -1.76. The average Bonchev–Trinajstić information content (AvgIpc) is 3.18. The van der Waals surface area contributed by atoms with Gasteiger partial charge in [0.15, 0.2) is 0 Å². The number of carbonyl (C=O) groups is 1. The van der Waals surface area contributed by atoms with Crippen LogP contribution in [0.4, 0.5) is 26.7 Å². The summed E-state index contributed by atoms with van der Waals surface area (Å²) in [6, 6.07) is 2.14. The van der Waals surface area contributed by atoms with Crippen LogP contribution in [-0.2, 0) is 17.6 Å². The topological polar surface area (TPSA) is 80.5 Å². The van der Waals surface area contributed by atoms with Crippen molar-refractivity contribution in [3.8, 4) is 10.7 Å². The van der Waals surface area contributed by atoms with E-state index in [2.05, 4.69) is 20.0 Å². The molecule has 0 saturated heterocycles. The Labute approximate surface area is 141 Å². The number of thiophene rings is 1. The van der Waals surface area contributed by atoms with Crippen LogP contribution in [0.25, 0.3) is 10.7 Å². The second-order valence-corrected chi connectivity index (χ2v) is 5.63. The van der Waals surface area contributed by atoms with Crippen LogP contribution in [0.3, 0.4) is 0 Å². The number of hydrogen-bond acceptors (Lipinski definition) is 6. The molecule has 2 heterocycles. The predicted octanol–water partition coefficient (Wildman–Crippen LogP) is 3.16. The molecule has 13 heteroatoms. The molecule has 0 bridgehead atoms. The van der Waals surface area contributed by atoms with Gasteiger partial charge in [-0.05, 0) is 12.1 Å². The number of hydroxylamine groups is 2. The third-order valence-corrected chi connectivity index (χ3v) is 3.71. The minimum Gasteiger partial charge on any atom is -0.339 e. The van der Waals surface area contributed by atoms with Crippen molar-refractivity contribution in [2.24, 2.45) is 0 Å². The van der Waals surface area contributed by atoms with Gasteiger partial charge in [-0.2, -0.15) is 23.2 Å². The van der Waals surface area contributed by atoms with Crippen molar-refractivity contribution in [3.63, 3.8) is 0 Å². The smallest absolute Gasteiger partial charge is 0.339 e. The van der Waals surface area contributed by atoms with Crippen molar-refractivity contribution in [1.82, 2.24) is 20.5 Å². The number of halogens is 5. The summed E-state index contributed by atoms with van der Waals surface area (Å²) in [5.41, 5.74) is 0. The predicted molar refractivity (Wildman–Crippen MR) is 74.6 cm³/mol. The summed E-state index contributed by atoms with van der Waals surface area (Å²) in [6.07, 6.45) is -7.53. The average molecular weight is 386 g/mol.